The number of alkyl carbamates (subject to hydrolysis) is 1. The number of carbonyl (C=O) groups excluding carboxylic acids is 2. The number of amides is 1. The van der Waals surface area contributed by atoms with Gasteiger partial charge in [0, 0.05) is 18.5 Å². The smallest absolute Gasteiger partial charge is 0.407 e. The first-order valence-corrected chi connectivity index (χ1v) is 8.45. The van der Waals surface area contributed by atoms with Crippen LogP contribution in [0.3, 0.4) is 0 Å². The van der Waals surface area contributed by atoms with Crippen molar-refractivity contribution in [1.29, 1.82) is 0 Å². The van der Waals surface area contributed by atoms with E-state index in [1.54, 1.807) is 31.2 Å². The lowest BCUT2D eigenvalue weighted by Gasteiger charge is -2.19. The standard InChI is InChI=1S/C20H23NO5/c1-2-17(22)15-8-10-16(11-9-15)19(24)18(23)12-21-20(25)26-13-14-6-4-3-5-7-14/h3-11,18-19,23-24H,2,12-13H2,1H3,(H,21,25). The molecule has 0 heterocycles. The molecule has 2 aromatic carbocycles. The number of ketones is 1. The summed E-state index contributed by atoms with van der Waals surface area (Å²) in [5, 5.41) is 22.6. The van der Waals surface area contributed by atoms with Gasteiger partial charge in [-0.2, -0.15) is 0 Å². The molecule has 26 heavy (non-hydrogen) atoms. The Labute approximate surface area is 152 Å². The molecule has 0 saturated heterocycles. The summed E-state index contributed by atoms with van der Waals surface area (Å²) >= 11 is 0. The van der Waals surface area contributed by atoms with Gasteiger partial charge in [-0.05, 0) is 11.1 Å². The Hall–Kier alpha value is -2.70. The summed E-state index contributed by atoms with van der Waals surface area (Å²) in [5.41, 5.74) is 1.87. The van der Waals surface area contributed by atoms with Crippen LogP contribution in [0.4, 0.5) is 4.79 Å². The Kier molecular flexibility index (Phi) is 7.32. The van der Waals surface area contributed by atoms with Crippen molar-refractivity contribution in [3.8, 4) is 0 Å². The number of nitrogens with one attached hydrogen (secondary N) is 1. The Morgan fingerprint density at radius 2 is 1.69 bits per heavy atom. The Morgan fingerprint density at radius 3 is 2.31 bits per heavy atom. The first-order valence-electron chi connectivity index (χ1n) is 8.45. The average molecular weight is 357 g/mol. The van der Waals surface area contributed by atoms with Gasteiger partial charge in [-0.15, -0.1) is 0 Å². The highest BCUT2D eigenvalue weighted by Crippen LogP contribution is 2.18. The van der Waals surface area contributed by atoms with Crippen LogP contribution in [0.25, 0.3) is 0 Å². The Bertz CT molecular complexity index is 715. The van der Waals surface area contributed by atoms with Crippen molar-refractivity contribution in [3.05, 3.63) is 71.3 Å². The van der Waals surface area contributed by atoms with E-state index in [0.29, 0.717) is 17.5 Å². The van der Waals surface area contributed by atoms with Gasteiger partial charge in [0.25, 0.3) is 0 Å². The van der Waals surface area contributed by atoms with Gasteiger partial charge in [0.15, 0.2) is 5.78 Å². The summed E-state index contributed by atoms with van der Waals surface area (Å²) in [6.07, 6.45) is -2.66. The lowest BCUT2D eigenvalue weighted by Crippen LogP contribution is -2.35. The van der Waals surface area contributed by atoms with Crippen molar-refractivity contribution >= 4 is 11.9 Å². The van der Waals surface area contributed by atoms with Gasteiger partial charge in [-0.1, -0.05) is 61.5 Å². The molecule has 2 aromatic rings. The molecule has 6 heteroatoms. The summed E-state index contributed by atoms with van der Waals surface area (Å²) in [7, 11) is 0. The van der Waals surface area contributed by atoms with Crippen LogP contribution in [0, 0.1) is 0 Å². The van der Waals surface area contributed by atoms with Gasteiger partial charge in [0.05, 0.1) is 0 Å². The van der Waals surface area contributed by atoms with Crippen LogP contribution in [0.5, 0.6) is 0 Å². The summed E-state index contributed by atoms with van der Waals surface area (Å²) in [6.45, 7) is 1.74. The van der Waals surface area contributed by atoms with E-state index in [1.165, 1.54) is 0 Å². The van der Waals surface area contributed by atoms with Crippen LogP contribution in [-0.4, -0.2) is 34.7 Å². The topological polar surface area (TPSA) is 95.9 Å². The minimum atomic E-state index is -1.20. The molecule has 0 spiro atoms. The molecule has 0 aliphatic heterocycles. The molecule has 2 rings (SSSR count). The maximum Gasteiger partial charge on any atom is 0.407 e. The molecule has 0 aromatic heterocycles. The second kappa shape index (κ2) is 9.70. The molecule has 6 nitrogen and oxygen atoms in total. The van der Waals surface area contributed by atoms with Gasteiger partial charge >= 0.3 is 6.09 Å². The Morgan fingerprint density at radius 1 is 1.04 bits per heavy atom. The van der Waals surface area contributed by atoms with Crippen LogP contribution in [0.1, 0.15) is 40.9 Å². The van der Waals surface area contributed by atoms with E-state index in [-0.39, 0.29) is 18.9 Å². The monoisotopic (exact) mass is 357 g/mol. The van der Waals surface area contributed by atoms with Crippen LogP contribution < -0.4 is 5.32 Å². The number of hydrogen-bond donors (Lipinski definition) is 3. The summed E-state index contributed by atoms with van der Waals surface area (Å²) < 4.78 is 5.04. The number of benzene rings is 2. The SMILES string of the molecule is CCC(=O)c1ccc(C(O)C(O)CNC(=O)OCc2ccccc2)cc1. The van der Waals surface area contributed by atoms with Gasteiger partial charge in [0.1, 0.15) is 18.8 Å². The second-order valence-corrected chi connectivity index (χ2v) is 5.85. The van der Waals surface area contributed by atoms with Crippen molar-refractivity contribution in [2.24, 2.45) is 0 Å². The summed E-state index contributed by atoms with van der Waals surface area (Å²) in [4.78, 5) is 23.3. The zero-order valence-corrected chi connectivity index (χ0v) is 14.6. The normalized spacial score (nSPS) is 12.9. The number of aliphatic hydroxyl groups excluding tert-OH is 2. The molecule has 0 radical (unpaired) electrons. The van der Waals surface area contributed by atoms with Crippen LogP contribution in [0.15, 0.2) is 54.6 Å². The highest BCUT2D eigenvalue weighted by Gasteiger charge is 2.19. The molecular formula is C20H23NO5. The minimum absolute atomic E-state index is 0.00872. The van der Waals surface area contributed by atoms with Crippen LogP contribution >= 0.6 is 0 Å². The molecule has 0 bridgehead atoms. The fourth-order valence-corrected chi connectivity index (χ4v) is 2.37. The van der Waals surface area contributed by atoms with Gasteiger partial charge in [0.2, 0.25) is 0 Å². The molecule has 2 unspecified atom stereocenters. The first kappa shape index (κ1) is 19.6. The van der Waals surface area contributed by atoms with Crippen molar-refractivity contribution < 1.29 is 24.5 Å². The third kappa shape index (κ3) is 5.68. The molecule has 0 saturated carbocycles. The molecule has 0 aliphatic rings. The zero-order valence-electron chi connectivity index (χ0n) is 14.6. The average Bonchev–Trinajstić information content (AvgIpc) is 2.70. The quantitative estimate of drug-likeness (QED) is 0.631. The Balaban J connectivity index is 1.80. The number of aliphatic hydroxyl groups is 2. The fourth-order valence-electron chi connectivity index (χ4n) is 2.37. The van der Waals surface area contributed by atoms with E-state index in [2.05, 4.69) is 5.32 Å². The zero-order chi connectivity index (χ0) is 18.9. The van der Waals surface area contributed by atoms with Gasteiger partial charge < -0.3 is 20.3 Å². The number of hydrogen-bond acceptors (Lipinski definition) is 5. The maximum atomic E-state index is 11.7. The molecular weight excluding hydrogens is 334 g/mol. The van der Waals surface area contributed by atoms with Gasteiger partial charge in [-0.3, -0.25) is 4.79 Å². The predicted molar refractivity (Wildman–Crippen MR) is 96.7 cm³/mol. The molecule has 3 N–H and O–H groups in total. The van der Waals surface area contributed by atoms with E-state index in [0.717, 1.165) is 5.56 Å². The highest BCUT2D eigenvalue weighted by molar-refractivity contribution is 5.95. The van der Waals surface area contributed by atoms with E-state index < -0.39 is 18.3 Å². The van der Waals surface area contributed by atoms with Crippen molar-refractivity contribution in [3.63, 3.8) is 0 Å². The fraction of sp³-hybridized carbons (Fsp3) is 0.300. The summed E-state index contributed by atoms with van der Waals surface area (Å²) in [6, 6.07) is 15.6. The van der Waals surface area contributed by atoms with E-state index in [9.17, 15) is 19.8 Å². The number of rotatable bonds is 8. The largest absolute Gasteiger partial charge is 0.445 e. The van der Waals surface area contributed by atoms with Crippen molar-refractivity contribution in [1.82, 2.24) is 5.32 Å². The first-order chi connectivity index (χ1) is 12.5. The lowest BCUT2D eigenvalue weighted by molar-refractivity contribution is 0.0184. The second-order valence-electron chi connectivity index (χ2n) is 5.85. The molecule has 138 valence electrons. The number of carbonyl (C=O) groups is 2. The number of ether oxygens (including phenoxy) is 1. The van der Waals surface area contributed by atoms with Crippen LogP contribution in [-0.2, 0) is 11.3 Å². The highest BCUT2D eigenvalue weighted by atomic mass is 16.5. The summed E-state index contributed by atoms with van der Waals surface area (Å²) in [5.74, 6) is 0.00872. The van der Waals surface area contributed by atoms with E-state index >= 15 is 0 Å². The maximum absolute atomic E-state index is 11.7. The predicted octanol–water partition coefficient (Wildman–Crippen LogP) is 2.60. The third-order valence-electron chi connectivity index (χ3n) is 3.93. The molecule has 2 atom stereocenters. The van der Waals surface area contributed by atoms with Crippen LogP contribution in [0.2, 0.25) is 0 Å². The van der Waals surface area contributed by atoms with Gasteiger partial charge in [-0.25, -0.2) is 4.79 Å². The van der Waals surface area contributed by atoms with E-state index in [1.807, 2.05) is 30.3 Å². The van der Waals surface area contributed by atoms with Crippen molar-refractivity contribution in [2.75, 3.05) is 6.54 Å². The molecule has 0 aliphatic carbocycles. The third-order valence-corrected chi connectivity index (χ3v) is 3.93. The number of Topliss-reactive ketones (excluding diaryl/α,β-unsaturated/α-hetero) is 1. The van der Waals surface area contributed by atoms with E-state index in [4.69, 9.17) is 4.74 Å². The molecule has 1 amide bonds. The molecule has 0 fully saturated rings. The minimum Gasteiger partial charge on any atom is -0.445 e. The van der Waals surface area contributed by atoms with Crippen molar-refractivity contribution in [2.45, 2.75) is 32.2 Å². The lowest BCUT2D eigenvalue weighted by atomic mass is 10.0.